The summed E-state index contributed by atoms with van der Waals surface area (Å²) in [7, 11) is 1.61. The number of fused-ring (bicyclic) bond motifs is 1. The minimum absolute atomic E-state index is 0.0205. The zero-order valence-corrected chi connectivity index (χ0v) is 18.1. The van der Waals surface area contributed by atoms with Crippen molar-refractivity contribution in [2.75, 3.05) is 13.7 Å². The van der Waals surface area contributed by atoms with Crippen molar-refractivity contribution >= 4 is 5.91 Å². The fourth-order valence-electron chi connectivity index (χ4n) is 3.97. The molecule has 0 unspecified atom stereocenters. The maximum absolute atomic E-state index is 12.8. The van der Waals surface area contributed by atoms with Gasteiger partial charge in [-0.3, -0.25) is 4.79 Å². The Kier molecular flexibility index (Phi) is 5.15. The number of carbonyl (C=O) groups is 1. The van der Waals surface area contributed by atoms with Gasteiger partial charge in [-0.2, -0.15) is 5.10 Å². The van der Waals surface area contributed by atoms with Crippen LogP contribution in [0.15, 0.2) is 73.1 Å². The first kappa shape index (κ1) is 19.9. The zero-order valence-electron chi connectivity index (χ0n) is 18.1. The molecule has 0 spiro atoms. The average Bonchev–Trinajstić information content (AvgIpc) is 3.54. The molecule has 4 aromatic rings. The van der Waals surface area contributed by atoms with E-state index in [1.807, 2.05) is 53.5 Å². The van der Waals surface area contributed by atoms with Crippen LogP contribution in [0.5, 0.6) is 11.5 Å². The lowest BCUT2D eigenvalue weighted by molar-refractivity contribution is -0.134. The van der Waals surface area contributed by atoms with Gasteiger partial charge in [0.2, 0.25) is 0 Å². The summed E-state index contributed by atoms with van der Waals surface area (Å²) in [4.78, 5) is 14.6. The molecule has 1 aliphatic heterocycles. The molecule has 0 atom stereocenters. The maximum Gasteiger partial charge on any atom is 0.261 e. The lowest BCUT2D eigenvalue weighted by Crippen LogP contribution is -2.31. The van der Waals surface area contributed by atoms with Crippen molar-refractivity contribution in [1.29, 1.82) is 0 Å². The molecule has 2 aromatic carbocycles. The van der Waals surface area contributed by atoms with Crippen LogP contribution in [-0.4, -0.2) is 38.9 Å². The van der Waals surface area contributed by atoms with Crippen LogP contribution in [0.25, 0.3) is 11.5 Å². The van der Waals surface area contributed by atoms with E-state index in [-0.39, 0.29) is 12.5 Å². The van der Waals surface area contributed by atoms with Gasteiger partial charge in [0.1, 0.15) is 17.3 Å². The number of ether oxygens (including phenoxy) is 2. The Morgan fingerprint density at radius 1 is 1.00 bits per heavy atom. The van der Waals surface area contributed by atoms with Crippen LogP contribution in [0, 0.1) is 6.92 Å². The molecule has 7 heteroatoms. The molecule has 1 aliphatic rings. The highest BCUT2D eigenvalue weighted by Gasteiger charge is 2.31. The molecule has 7 nitrogen and oxygen atoms in total. The van der Waals surface area contributed by atoms with Crippen molar-refractivity contribution in [2.45, 2.75) is 20.0 Å². The van der Waals surface area contributed by atoms with Crippen LogP contribution >= 0.6 is 0 Å². The van der Waals surface area contributed by atoms with Crippen LogP contribution in [0.1, 0.15) is 16.8 Å². The summed E-state index contributed by atoms with van der Waals surface area (Å²) in [6, 6.07) is 19.4. The van der Waals surface area contributed by atoms with Crippen molar-refractivity contribution in [3.63, 3.8) is 0 Å². The molecule has 5 rings (SSSR count). The van der Waals surface area contributed by atoms with Crippen LogP contribution in [-0.2, 0) is 17.9 Å². The van der Waals surface area contributed by atoms with E-state index in [9.17, 15) is 4.79 Å². The van der Waals surface area contributed by atoms with Gasteiger partial charge in [0.05, 0.1) is 31.6 Å². The standard InChI is InChI=1S/C25H24N4O3/c1-18-6-5-7-19(14-18)29-25(27-12-3-4-13-27)22-15-28(16-23(22)26-29)24(30)17-32-21-10-8-20(31-2)9-11-21/h3-14H,15-17H2,1-2H3. The number of methoxy groups -OCH3 is 1. The van der Waals surface area contributed by atoms with Gasteiger partial charge in [-0.05, 0) is 61.0 Å². The predicted octanol–water partition coefficient (Wildman–Crippen LogP) is 3.90. The Balaban J connectivity index is 1.36. The molecule has 0 aliphatic carbocycles. The Bertz CT molecular complexity index is 1240. The SMILES string of the molecule is COc1ccc(OCC(=O)N2Cc3nn(-c4cccc(C)c4)c(-n4cccc4)c3C2)cc1. The van der Waals surface area contributed by atoms with E-state index in [0.29, 0.717) is 18.8 Å². The second-order valence-corrected chi connectivity index (χ2v) is 7.80. The first-order valence-corrected chi connectivity index (χ1v) is 10.5. The van der Waals surface area contributed by atoms with Crippen molar-refractivity contribution in [2.24, 2.45) is 0 Å². The number of hydrogen-bond acceptors (Lipinski definition) is 4. The van der Waals surface area contributed by atoms with Gasteiger partial charge in [-0.1, -0.05) is 12.1 Å². The zero-order chi connectivity index (χ0) is 22.1. The normalized spacial score (nSPS) is 12.6. The molecule has 0 fully saturated rings. The van der Waals surface area contributed by atoms with E-state index in [1.54, 1.807) is 24.1 Å². The first-order valence-electron chi connectivity index (χ1n) is 10.5. The van der Waals surface area contributed by atoms with Gasteiger partial charge < -0.3 is 18.9 Å². The lowest BCUT2D eigenvalue weighted by atomic mass is 10.2. The van der Waals surface area contributed by atoms with Crippen molar-refractivity contribution in [3.05, 3.63) is 89.9 Å². The molecule has 2 aromatic heterocycles. The van der Waals surface area contributed by atoms with Crippen molar-refractivity contribution in [1.82, 2.24) is 19.2 Å². The topological polar surface area (TPSA) is 61.5 Å². The third-order valence-electron chi connectivity index (χ3n) is 5.60. The molecule has 162 valence electrons. The Morgan fingerprint density at radius 2 is 1.75 bits per heavy atom. The second-order valence-electron chi connectivity index (χ2n) is 7.80. The van der Waals surface area contributed by atoms with Crippen LogP contribution in [0.3, 0.4) is 0 Å². The number of hydrogen-bond donors (Lipinski definition) is 0. The van der Waals surface area contributed by atoms with Crippen LogP contribution in [0.2, 0.25) is 0 Å². The Labute approximate surface area is 186 Å². The Hall–Kier alpha value is -4.00. The van der Waals surface area contributed by atoms with Crippen LogP contribution in [0.4, 0.5) is 0 Å². The largest absolute Gasteiger partial charge is 0.497 e. The summed E-state index contributed by atoms with van der Waals surface area (Å²) in [6.45, 7) is 3.01. The molecule has 0 N–H and O–H groups in total. The van der Waals surface area contributed by atoms with E-state index in [1.165, 1.54) is 5.56 Å². The molecule has 0 radical (unpaired) electrons. The second kappa shape index (κ2) is 8.26. The number of aromatic nitrogens is 3. The highest BCUT2D eigenvalue weighted by atomic mass is 16.5. The fourth-order valence-corrected chi connectivity index (χ4v) is 3.97. The van der Waals surface area contributed by atoms with Gasteiger partial charge in [0.25, 0.3) is 5.91 Å². The number of amides is 1. The van der Waals surface area contributed by atoms with Gasteiger partial charge in [-0.25, -0.2) is 4.68 Å². The number of nitrogens with zero attached hydrogens (tertiary/aromatic N) is 4. The minimum Gasteiger partial charge on any atom is -0.497 e. The smallest absolute Gasteiger partial charge is 0.261 e. The third kappa shape index (κ3) is 3.73. The van der Waals surface area contributed by atoms with Gasteiger partial charge in [-0.15, -0.1) is 0 Å². The Morgan fingerprint density at radius 3 is 2.47 bits per heavy atom. The van der Waals surface area contributed by atoms with E-state index >= 15 is 0 Å². The van der Waals surface area contributed by atoms with Gasteiger partial charge in [0, 0.05) is 18.0 Å². The van der Waals surface area contributed by atoms with Crippen molar-refractivity contribution < 1.29 is 14.3 Å². The fraction of sp³-hybridized carbons (Fsp3) is 0.200. The molecule has 1 amide bonds. The number of benzene rings is 2. The first-order chi connectivity index (χ1) is 15.6. The summed E-state index contributed by atoms with van der Waals surface area (Å²) < 4.78 is 14.9. The summed E-state index contributed by atoms with van der Waals surface area (Å²) in [6.07, 6.45) is 4.00. The van der Waals surface area contributed by atoms with Gasteiger partial charge in [0.15, 0.2) is 6.61 Å². The summed E-state index contributed by atoms with van der Waals surface area (Å²) >= 11 is 0. The van der Waals surface area contributed by atoms with Crippen LogP contribution < -0.4 is 9.47 Å². The molecular formula is C25H24N4O3. The van der Waals surface area contributed by atoms with E-state index < -0.39 is 0 Å². The molecule has 32 heavy (non-hydrogen) atoms. The van der Waals surface area contributed by atoms with E-state index in [2.05, 4.69) is 23.6 Å². The highest BCUT2D eigenvalue weighted by molar-refractivity contribution is 5.78. The monoisotopic (exact) mass is 428 g/mol. The maximum atomic E-state index is 12.8. The molecular weight excluding hydrogens is 404 g/mol. The average molecular weight is 428 g/mol. The van der Waals surface area contributed by atoms with E-state index in [4.69, 9.17) is 14.6 Å². The number of carbonyl (C=O) groups excluding carboxylic acids is 1. The lowest BCUT2D eigenvalue weighted by Gasteiger charge is -2.18. The molecule has 0 bridgehead atoms. The molecule has 0 saturated carbocycles. The predicted molar refractivity (Wildman–Crippen MR) is 120 cm³/mol. The van der Waals surface area contributed by atoms with Crippen molar-refractivity contribution in [3.8, 4) is 23.0 Å². The van der Waals surface area contributed by atoms with Gasteiger partial charge >= 0.3 is 0 Å². The van der Waals surface area contributed by atoms with E-state index in [0.717, 1.165) is 28.5 Å². The summed E-state index contributed by atoms with van der Waals surface area (Å²) in [5.74, 6) is 2.27. The molecule has 3 heterocycles. The summed E-state index contributed by atoms with van der Waals surface area (Å²) in [5, 5.41) is 4.88. The molecule has 0 saturated heterocycles. The quantitative estimate of drug-likeness (QED) is 0.467. The highest BCUT2D eigenvalue weighted by Crippen LogP contribution is 2.31. The number of rotatable bonds is 6. The minimum atomic E-state index is -0.0700. The summed E-state index contributed by atoms with van der Waals surface area (Å²) in [5.41, 5.74) is 4.14. The third-order valence-corrected chi connectivity index (χ3v) is 5.60. The number of aryl methyl sites for hydroxylation is 1.